The van der Waals surface area contributed by atoms with Crippen LogP contribution in [-0.2, 0) is 18.9 Å². The van der Waals surface area contributed by atoms with Crippen LogP contribution in [0.15, 0.2) is 35.1 Å². The summed E-state index contributed by atoms with van der Waals surface area (Å²) in [7, 11) is 0. The molecule has 0 aliphatic carbocycles. The summed E-state index contributed by atoms with van der Waals surface area (Å²) < 4.78 is 79.3. The SMILES string of the molecule is FC(F)(F)c1cc(CN(c2ncc(Br)cn2)[C@H]2CCNC2)cc(C(F)(F)F)c1. The highest BCUT2D eigenvalue weighted by molar-refractivity contribution is 9.10. The van der Waals surface area contributed by atoms with Crippen LogP contribution < -0.4 is 10.2 Å². The molecule has 1 atom stereocenters. The van der Waals surface area contributed by atoms with Crippen LogP contribution >= 0.6 is 15.9 Å². The van der Waals surface area contributed by atoms with Gasteiger partial charge in [-0.2, -0.15) is 26.3 Å². The molecule has 11 heteroatoms. The molecule has 3 rings (SSSR count). The van der Waals surface area contributed by atoms with Crippen molar-refractivity contribution in [3.05, 3.63) is 51.8 Å². The van der Waals surface area contributed by atoms with Gasteiger partial charge >= 0.3 is 12.4 Å². The Morgan fingerprint density at radius 3 is 2.04 bits per heavy atom. The summed E-state index contributed by atoms with van der Waals surface area (Å²) in [5.74, 6) is 0.239. The lowest BCUT2D eigenvalue weighted by molar-refractivity contribution is -0.143. The number of nitrogens with zero attached hydrogens (tertiary/aromatic N) is 3. The van der Waals surface area contributed by atoms with Crippen LogP contribution in [0.1, 0.15) is 23.1 Å². The van der Waals surface area contributed by atoms with Crippen LogP contribution in [-0.4, -0.2) is 29.1 Å². The maximum absolute atomic E-state index is 13.1. The highest BCUT2D eigenvalue weighted by Crippen LogP contribution is 2.37. The molecule has 1 aliphatic heterocycles. The highest BCUT2D eigenvalue weighted by atomic mass is 79.9. The summed E-state index contributed by atoms with van der Waals surface area (Å²) in [6.45, 7) is 1.04. The zero-order valence-corrected chi connectivity index (χ0v) is 15.9. The van der Waals surface area contributed by atoms with Gasteiger partial charge in [0.05, 0.1) is 15.6 Å². The molecule has 1 saturated heterocycles. The fourth-order valence-electron chi connectivity index (χ4n) is 3.03. The molecule has 1 aromatic heterocycles. The van der Waals surface area contributed by atoms with E-state index in [4.69, 9.17) is 0 Å². The van der Waals surface area contributed by atoms with E-state index >= 15 is 0 Å². The Kier molecular flexibility index (Phi) is 5.85. The van der Waals surface area contributed by atoms with Crippen molar-refractivity contribution in [2.24, 2.45) is 0 Å². The number of benzene rings is 1. The van der Waals surface area contributed by atoms with Gasteiger partial charge in [-0.1, -0.05) is 0 Å². The van der Waals surface area contributed by atoms with Crippen LogP contribution in [0.25, 0.3) is 0 Å². The van der Waals surface area contributed by atoms with E-state index in [2.05, 4.69) is 31.2 Å². The van der Waals surface area contributed by atoms with Crippen molar-refractivity contribution < 1.29 is 26.3 Å². The van der Waals surface area contributed by atoms with Crippen LogP contribution in [0.2, 0.25) is 0 Å². The number of alkyl halides is 6. The first kappa shape index (κ1) is 20.8. The fourth-order valence-corrected chi connectivity index (χ4v) is 3.23. The van der Waals surface area contributed by atoms with Crippen molar-refractivity contribution in [1.29, 1.82) is 0 Å². The Labute approximate surface area is 165 Å². The molecule has 152 valence electrons. The second kappa shape index (κ2) is 7.86. The van der Waals surface area contributed by atoms with E-state index in [1.54, 1.807) is 4.90 Å². The molecule has 2 aromatic rings. The number of halogens is 7. The maximum atomic E-state index is 13.1. The zero-order valence-electron chi connectivity index (χ0n) is 14.3. The minimum atomic E-state index is -4.89. The van der Waals surface area contributed by atoms with Gasteiger partial charge in [0, 0.05) is 31.5 Å². The van der Waals surface area contributed by atoms with Gasteiger partial charge < -0.3 is 10.2 Å². The van der Waals surface area contributed by atoms with Gasteiger partial charge in [0.1, 0.15) is 0 Å². The van der Waals surface area contributed by atoms with Crippen LogP contribution in [0, 0.1) is 0 Å². The lowest BCUT2D eigenvalue weighted by Crippen LogP contribution is -2.37. The normalized spacial score (nSPS) is 17.8. The van der Waals surface area contributed by atoms with E-state index in [0.717, 1.165) is 12.1 Å². The van der Waals surface area contributed by atoms with E-state index in [-0.39, 0.29) is 30.2 Å². The van der Waals surface area contributed by atoms with Crippen molar-refractivity contribution in [2.75, 3.05) is 18.0 Å². The largest absolute Gasteiger partial charge is 0.416 e. The summed E-state index contributed by atoms with van der Waals surface area (Å²) in [4.78, 5) is 9.94. The van der Waals surface area contributed by atoms with Crippen LogP contribution in [0.5, 0.6) is 0 Å². The quantitative estimate of drug-likeness (QED) is 0.663. The van der Waals surface area contributed by atoms with Crippen LogP contribution in [0.3, 0.4) is 0 Å². The molecule has 0 spiro atoms. The lowest BCUT2D eigenvalue weighted by Gasteiger charge is -2.29. The smallest absolute Gasteiger partial charge is 0.332 e. The molecule has 0 unspecified atom stereocenters. The van der Waals surface area contributed by atoms with Crippen molar-refractivity contribution in [1.82, 2.24) is 15.3 Å². The molecule has 4 nitrogen and oxygen atoms in total. The van der Waals surface area contributed by atoms with Crippen LogP contribution in [0.4, 0.5) is 32.3 Å². The van der Waals surface area contributed by atoms with E-state index < -0.39 is 23.5 Å². The van der Waals surface area contributed by atoms with Gasteiger partial charge in [0.25, 0.3) is 0 Å². The molecule has 0 bridgehead atoms. The second-order valence-corrected chi connectivity index (χ2v) is 7.31. The van der Waals surface area contributed by atoms with E-state index in [1.165, 1.54) is 12.4 Å². The average Bonchev–Trinajstić information content (AvgIpc) is 3.13. The number of anilines is 1. The monoisotopic (exact) mass is 468 g/mol. The molecule has 1 aromatic carbocycles. The highest BCUT2D eigenvalue weighted by Gasteiger charge is 2.37. The predicted octanol–water partition coefficient (Wildman–Crippen LogP) is 4.65. The van der Waals surface area contributed by atoms with E-state index in [9.17, 15) is 26.3 Å². The topological polar surface area (TPSA) is 41.1 Å². The second-order valence-electron chi connectivity index (χ2n) is 6.39. The molecule has 2 heterocycles. The molecule has 0 amide bonds. The van der Waals surface area contributed by atoms with Crippen molar-refractivity contribution in [3.63, 3.8) is 0 Å². The number of aromatic nitrogens is 2. The Morgan fingerprint density at radius 2 is 1.57 bits per heavy atom. The van der Waals surface area contributed by atoms with Gasteiger partial charge in [-0.15, -0.1) is 0 Å². The van der Waals surface area contributed by atoms with E-state index in [1.807, 2.05) is 0 Å². The Morgan fingerprint density at radius 1 is 1.00 bits per heavy atom. The Hall–Kier alpha value is -1.88. The van der Waals surface area contributed by atoms with Crippen molar-refractivity contribution in [2.45, 2.75) is 31.4 Å². The summed E-state index contributed by atoms with van der Waals surface area (Å²) in [5, 5.41) is 3.12. The average molecular weight is 469 g/mol. The third-order valence-corrected chi connectivity index (χ3v) is 4.75. The molecule has 1 N–H and O–H groups in total. The molecule has 28 heavy (non-hydrogen) atoms. The van der Waals surface area contributed by atoms with Gasteiger partial charge in [0.2, 0.25) is 5.95 Å². The standard InChI is InChI=1S/C17H15BrF6N4/c18-13-6-26-15(27-7-13)28(14-1-2-25-8-14)9-10-3-11(16(19,20)21)5-12(4-10)17(22,23)24/h3-7,14,25H,1-2,8-9H2/t14-/m0/s1. The van der Waals surface area contributed by atoms with Gasteiger partial charge in [-0.05, 0) is 52.7 Å². The predicted molar refractivity (Wildman–Crippen MR) is 93.6 cm³/mol. The first-order valence-corrected chi connectivity index (χ1v) is 9.06. The first-order valence-electron chi connectivity index (χ1n) is 8.27. The van der Waals surface area contributed by atoms with Gasteiger partial charge in [-0.25, -0.2) is 9.97 Å². The molecular formula is C17H15BrF6N4. The fraction of sp³-hybridized carbons (Fsp3) is 0.412. The molecule has 0 saturated carbocycles. The third kappa shape index (κ3) is 4.93. The number of nitrogens with one attached hydrogen (secondary N) is 1. The van der Waals surface area contributed by atoms with Crippen molar-refractivity contribution >= 4 is 21.9 Å². The summed E-state index contributed by atoms with van der Waals surface area (Å²) in [6, 6.07) is 1.46. The van der Waals surface area contributed by atoms with Gasteiger partial charge in [-0.3, -0.25) is 0 Å². The van der Waals surface area contributed by atoms with E-state index in [0.29, 0.717) is 24.0 Å². The lowest BCUT2D eigenvalue weighted by atomic mass is 10.0. The van der Waals surface area contributed by atoms with Gasteiger partial charge in [0.15, 0.2) is 0 Å². The molecule has 1 aliphatic rings. The first-order chi connectivity index (χ1) is 13.0. The van der Waals surface area contributed by atoms with Crippen molar-refractivity contribution in [3.8, 4) is 0 Å². The summed E-state index contributed by atoms with van der Waals surface area (Å²) >= 11 is 3.20. The zero-order chi connectivity index (χ0) is 20.5. The maximum Gasteiger partial charge on any atom is 0.416 e. The summed E-state index contributed by atoms with van der Waals surface area (Å²) in [5.41, 5.74) is -2.78. The number of hydrogen-bond donors (Lipinski definition) is 1. The number of rotatable bonds is 4. The molecular weight excluding hydrogens is 454 g/mol. The minimum Gasteiger partial charge on any atom is -0.332 e. The number of hydrogen-bond acceptors (Lipinski definition) is 4. The Balaban J connectivity index is 2.00. The third-order valence-electron chi connectivity index (χ3n) is 4.34. The Bertz CT molecular complexity index is 784. The molecule has 1 fully saturated rings. The molecule has 0 radical (unpaired) electrons. The summed E-state index contributed by atoms with van der Waals surface area (Å²) in [6.07, 6.45) is -6.14. The minimum absolute atomic E-state index is 0.111.